The van der Waals surface area contributed by atoms with E-state index in [0.717, 1.165) is 10.4 Å². The second kappa shape index (κ2) is 5.75. The number of halogens is 1. The molecular weight excluding hydrogens is 308 g/mol. The number of carbonyl (C=O) groups excluding carboxylic acids is 1. The molecule has 0 unspecified atom stereocenters. The standard InChI is InChI=1S/C14H11ClN4OS/c1-9-5-6-13(21-9)12(20)8-19-17-14(16-18-19)10-3-2-4-11(15)7-10/h2-7H,8H2,1H3. The minimum absolute atomic E-state index is 0.0249. The van der Waals surface area contributed by atoms with E-state index in [2.05, 4.69) is 15.4 Å². The Kier molecular flexibility index (Phi) is 3.81. The van der Waals surface area contributed by atoms with Crippen LogP contribution in [0.5, 0.6) is 0 Å². The largest absolute Gasteiger partial charge is 0.291 e. The Bertz CT molecular complexity index is 796. The lowest BCUT2D eigenvalue weighted by atomic mass is 10.2. The van der Waals surface area contributed by atoms with Gasteiger partial charge in [0, 0.05) is 15.5 Å². The summed E-state index contributed by atoms with van der Waals surface area (Å²) in [6.07, 6.45) is 0. The van der Waals surface area contributed by atoms with Gasteiger partial charge < -0.3 is 0 Å². The smallest absolute Gasteiger partial charge is 0.204 e. The average Bonchev–Trinajstić information content (AvgIpc) is 3.08. The van der Waals surface area contributed by atoms with Crippen molar-refractivity contribution in [3.63, 3.8) is 0 Å². The van der Waals surface area contributed by atoms with E-state index in [1.165, 1.54) is 16.1 Å². The lowest BCUT2D eigenvalue weighted by molar-refractivity contribution is 0.0965. The number of tetrazole rings is 1. The van der Waals surface area contributed by atoms with Crippen molar-refractivity contribution in [1.29, 1.82) is 0 Å². The molecule has 2 aromatic heterocycles. The lowest BCUT2D eigenvalue weighted by Crippen LogP contribution is -2.12. The van der Waals surface area contributed by atoms with Crippen LogP contribution in [0.1, 0.15) is 14.5 Å². The van der Waals surface area contributed by atoms with Gasteiger partial charge in [-0.3, -0.25) is 4.79 Å². The maximum atomic E-state index is 12.1. The molecule has 0 saturated heterocycles. The fourth-order valence-electron chi connectivity index (χ4n) is 1.84. The second-order valence-corrected chi connectivity index (χ2v) is 6.21. The molecule has 7 heteroatoms. The van der Waals surface area contributed by atoms with Gasteiger partial charge in [0.05, 0.1) is 4.88 Å². The fraction of sp³-hybridized carbons (Fsp3) is 0.143. The molecule has 0 radical (unpaired) electrons. The van der Waals surface area contributed by atoms with Gasteiger partial charge in [0.1, 0.15) is 6.54 Å². The molecule has 2 heterocycles. The molecule has 106 valence electrons. The zero-order chi connectivity index (χ0) is 14.8. The molecule has 0 aliphatic carbocycles. The fourth-order valence-corrected chi connectivity index (χ4v) is 2.83. The lowest BCUT2D eigenvalue weighted by Gasteiger charge is -1.96. The van der Waals surface area contributed by atoms with Crippen LogP contribution in [-0.4, -0.2) is 26.0 Å². The van der Waals surface area contributed by atoms with E-state index in [9.17, 15) is 4.79 Å². The number of rotatable bonds is 4. The maximum absolute atomic E-state index is 12.1. The van der Waals surface area contributed by atoms with Crippen molar-refractivity contribution in [2.24, 2.45) is 0 Å². The Balaban J connectivity index is 1.78. The Morgan fingerprint density at radius 3 is 2.90 bits per heavy atom. The number of Topliss-reactive ketones (excluding diaryl/α,β-unsaturated/α-hetero) is 1. The number of aryl methyl sites for hydroxylation is 1. The van der Waals surface area contributed by atoms with Gasteiger partial charge in [0.15, 0.2) is 5.78 Å². The van der Waals surface area contributed by atoms with Gasteiger partial charge in [0.2, 0.25) is 5.82 Å². The monoisotopic (exact) mass is 318 g/mol. The van der Waals surface area contributed by atoms with E-state index in [4.69, 9.17) is 11.6 Å². The van der Waals surface area contributed by atoms with Crippen LogP contribution in [0.15, 0.2) is 36.4 Å². The van der Waals surface area contributed by atoms with Gasteiger partial charge in [-0.05, 0) is 36.4 Å². The van der Waals surface area contributed by atoms with Crippen LogP contribution in [0.3, 0.4) is 0 Å². The first kappa shape index (κ1) is 13.9. The number of ketones is 1. The Morgan fingerprint density at radius 2 is 2.19 bits per heavy atom. The molecule has 0 amide bonds. The number of aromatic nitrogens is 4. The number of carbonyl (C=O) groups is 1. The van der Waals surface area contributed by atoms with Gasteiger partial charge in [-0.25, -0.2) is 0 Å². The quantitative estimate of drug-likeness (QED) is 0.693. The van der Waals surface area contributed by atoms with E-state index in [1.54, 1.807) is 12.1 Å². The Morgan fingerprint density at radius 1 is 1.33 bits per heavy atom. The van der Waals surface area contributed by atoms with Gasteiger partial charge in [0.25, 0.3) is 0 Å². The average molecular weight is 319 g/mol. The van der Waals surface area contributed by atoms with Crippen LogP contribution in [0.2, 0.25) is 5.02 Å². The first-order valence-electron chi connectivity index (χ1n) is 6.25. The van der Waals surface area contributed by atoms with Crippen LogP contribution >= 0.6 is 22.9 Å². The number of hydrogen-bond donors (Lipinski definition) is 0. The normalized spacial score (nSPS) is 10.8. The molecule has 5 nitrogen and oxygen atoms in total. The molecule has 0 fully saturated rings. The van der Waals surface area contributed by atoms with Crippen LogP contribution < -0.4 is 0 Å². The van der Waals surface area contributed by atoms with Crippen LogP contribution in [0, 0.1) is 6.92 Å². The minimum Gasteiger partial charge on any atom is -0.291 e. The summed E-state index contributed by atoms with van der Waals surface area (Å²) in [6, 6.07) is 10.9. The van der Waals surface area contributed by atoms with E-state index in [0.29, 0.717) is 15.7 Å². The minimum atomic E-state index is -0.0249. The van der Waals surface area contributed by atoms with Crippen LogP contribution in [0.4, 0.5) is 0 Å². The third-order valence-corrected chi connectivity index (χ3v) is 4.11. The highest BCUT2D eigenvalue weighted by Crippen LogP contribution is 2.19. The predicted octanol–water partition coefficient (Wildman–Crippen LogP) is 3.25. The summed E-state index contributed by atoms with van der Waals surface area (Å²) >= 11 is 7.40. The zero-order valence-electron chi connectivity index (χ0n) is 11.2. The molecule has 3 aromatic rings. The summed E-state index contributed by atoms with van der Waals surface area (Å²) < 4.78 is 0. The van der Waals surface area contributed by atoms with Crippen LogP contribution in [0.25, 0.3) is 11.4 Å². The van der Waals surface area contributed by atoms with Crippen molar-refractivity contribution in [3.05, 3.63) is 51.2 Å². The molecule has 0 atom stereocenters. The molecule has 0 bridgehead atoms. The van der Waals surface area contributed by atoms with Crippen molar-refractivity contribution in [3.8, 4) is 11.4 Å². The van der Waals surface area contributed by atoms with Crippen molar-refractivity contribution in [1.82, 2.24) is 20.2 Å². The molecule has 21 heavy (non-hydrogen) atoms. The Labute approximate surface area is 130 Å². The number of benzene rings is 1. The zero-order valence-corrected chi connectivity index (χ0v) is 12.7. The Hall–Kier alpha value is -2.05. The molecule has 0 aliphatic heterocycles. The maximum Gasteiger partial charge on any atom is 0.204 e. The predicted molar refractivity (Wildman–Crippen MR) is 81.6 cm³/mol. The van der Waals surface area contributed by atoms with Gasteiger partial charge >= 0.3 is 0 Å². The van der Waals surface area contributed by atoms with Crippen LogP contribution in [-0.2, 0) is 6.54 Å². The van der Waals surface area contributed by atoms with E-state index >= 15 is 0 Å². The summed E-state index contributed by atoms with van der Waals surface area (Å²) in [4.78, 5) is 15.2. The molecule has 0 spiro atoms. The summed E-state index contributed by atoms with van der Waals surface area (Å²) in [5, 5.41) is 12.7. The molecule has 0 saturated carbocycles. The van der Waals surface area contributed by atoms with Gasteiger partial charge in [-0.1, -0.05) is 23.7 Å². The van der Waals surface area contributed by atoms with E-state index in [-0.39, 0.29) is 12.3 Å². The molecule has 1 aromatic carbocycles. The topological polar surface area (TPSA) is 60.7 Å². The van der Waals surface area contributed by atoms with Gasteiger partial charge in [-0.2, -0.15) is 4.80 Å². The third-order valence-electron chi connectivity index (χ3n) is 2.84. The number of thiophene rings is 1. The highest BCUT2D eigenvalue weighted by atomic mass is 35.5. The third kappa shape index (κ3) is 3.17. The second-order valence-electron chi connectivity index (χ2n) is 4.49. The van der Waals surface area contributed by atoms with Crippen molar-refractivity contribution < 1.29 is 4.79 Å². The van der Waals surface area contributed by atoms with Crippen molar-refractivity contribution in [2.75, 3.05) is 0 Å². The summed E-state index contributed by atoms with van der Waals surface area (Å²) in [6.45, 7) is 2.04. The summed E-state index contributed by atoms with van der Waals surface area (Å²) in [5.74, 6) is 0.427. The van der Waals surface area contributed by atoms with E-state index in [1.807, 2.05) is 31.2 Å². The van der Waals surface area contributed by atoms with Gasteiger partial charge in [-0.15, -0.1) is 21.5 Å². The van der Waals surface area contributed by atoms with Crippen molar-refractivity contribution >= 4 is 28.7 Å². The summed E-state index contributed by atoms with van der Waals surface area (Å²) in [7, 11) is 0. The molecular formula is C14H11ClN4OS. The first-order valence-corrected chi connectivity index (χ1v) is 7.44. The summed E-state index contributed by atoms with van der Waals surface area (Å²) in [5.41, 5.74) is 0.771. The number of nitrogens with zero attached hydrogens (tertiary/aromatic N) is 4. The highest BCUT2D eigenvalue weighted by molar-refractivity contribution is 7.14. The first-order chi connectivity index (χ1) is 10.1. The number of hydrogen-bond acceptors (Lipinski definition) is 5. The van der Waals surface area contributed by atoms with E-state index < -0.39 is 0 Å². The molecule has 0 aliphatic rings. The SMILES string of the molecule is Cc1ccc(C(=O)Cn2nnc(-c3cccc(Cl)c3)n2)s1. The van der Waals surface area contributed by atoms with Crippen molar-refractivity contribution in [2.45, 2.75) is 13.5 Å². The molecule has 3 rings (SSSR count). The highest BCUT2D eigenvalue weighted by Gasteiger charge is 2.12. The molecule has 0 N–H and O–H groups in total.